The Morgan fingerprint density at radius 1 is 1.64 bits per heavy atom. The Bertz CT molecular complexity index is 264. The fraction of sp³-hybridized carbons (Fsp3) is 0.600. The van der Waals surface area contributed by atoms with Crippen molar-refractivity contribution in [3.8, 4) is 0 Å². The fourth-order valence-corrected chi connectivity index (χ4v) is 2.65. The summed E-state index contributed by atoms with van der Waals surface area (Å²) in [5.41, 5.74) is 0. The first-order chi connectivity index (χ1) is 6.72. The Kier molecular flexibility index (Phi) is 5.70. The Morgan fingerprint density at radius 2 is 2.43 bits per heavy atom. The number of rotatable bonds is 6. The SMILES string of the molecule is COCC(C)CNCc1cc(Br)cs1. The van der Waals surface area contributed by atoms with Crippen molar-refractivity contribution in [1.29, 1.82) is 0 Å². The lowest BCUT2D eigenvalue weighted by atomic mass is 10.2. The Labute approximate surface area is 97.8 Å². The summed E-state index contributed by atoms with van der Waals surface area (Å²) in [5, 5.41) is 5.52. The van der Waals surface area contributed by atoms with Crippen LogP contribution in [0.15, 0.2) is 15.9 Å². The molecule has 80 valence electrons. The van der Waals surface area contributed by atoms with E-state index in [1.807, 2.05) is 0 Å². The normalized spacial score (nSPS) is 13.1. The van der Waals surface area contributed by atoms with E-state index in [0.29, 0.717) is 5.92 Å². The molecule has 14 heavy (non-hydrogen) atoms. The van der Waals surface area contributed by atoms with Crippen molar-refractivity contribution in [1.82, 2.24) is 5.32 Å². The predicted octanol–water partition coefficient (Wildman–Crippen LogP) is 2.88. The van der Waals surface area contributed by atoms with Crippen molar-refractivity contribution in [3.63, 3.8) is 0 Å². The van der Waals surface area contributed by atoms with Gasteiger partial charge in [0.2, 0.25) is 0 Å². The zero-order valence-corrected chi connectivity index (χ0v) is 11.0. The van der Waals surface area contributed by atoms with Crippen molar-refractivity contribution in [2.75, 3.05) is 20.3 Å². The van der Waals surface area contributed by atoms with Gasteiger partial charge < -0.3 is 10.1 Å². The second kappa shape index (κ2) is 6.56. The number of methoxy groups -OCH3 is 1. The summed E-state index contributed by atoms with van der Waals surface area (Å²) in [5.74, 6) is 0.573. The summed E-state index contributed by atoms with van der Waals surface area (Å²) in [4.78, 5) is 1.36. The lowest BCUT2D eigenvalue weighted by Gasteiger charge is -2.10. The topological polar surface area (TPSA) is 21.3 Å². The minimum atomic E-state index is 0.573. The van der Waals surface area contributed by atoms with Crippen molar-refractivity contribution in [3.05, 3.63) is 20.8 Å². The van der Waals surface area contributed by atoms with Crippen LogP contribution in [0.25, 0.3) is 0 Å². The molecule has 4 heteroatoms. The fourth-order valence-electron chi connectivity index (χ4n) is 1.23. The van der Waals surface area contributed by atoms with E-state index in [0.717, 1.165) is 19.7 Å². The average molecular weight is 278 g/mol. The number of ether oxygens (including phenoxy) is 1. The first-order valence-electron chi connectivity index (χ1n) is 4.65. The maximum absolute atomic E-state index is 5.07. The van der Waals surface area contributed by atoms with Crippen LogP contribution in [-0.4, -0.2) is 20.3 Å². The van der Waals surface area contributed by atoms with Gasteiger partial charge in [0.1, 0.15) is 0 Å². The van der Waals surface area contributed by atoms with E-state index in [-0.39, 0.29) is 0 Å². The number of hydrogen-bond donors (Lipinski definition) is 1. The highest BCUT2D eigenvalue weighted by Gasteiger charge is 2.01. The third-order valence-electron chi connectivity index (χ3n) is 1.86. The quantitative estimate of drug-likeness (QED) is 0.864. The highest BCUT2D eigenvalue weighted by Crippen LogP contribution is 2.19. The molecule has 1 aromatic rings. The van der Waals surface area contributed by atoms with Gasteiger partial charge >= 0.3 is 0 Å². The number of nitrogens with one attached hydrogen (secondary N) is 1. The van der Waals surface area contributed by atoms with Gasteiger partial charge in [-0.1, -0.05) is 6.92 Å². The van der Waals surface area contributed by atoms with Gasteiger partial charge in [0.05, 0.1) is 0 Å². The highest BCUT2D eigenvalue weighted by molar-refractivity contribution is 9.10. The molecule has 1 rings (SSSR count). The van der Waals surface area contributed by atoms with Gasteiger partial charge in [0, 0.05) is 41.5 Å². The van der Waals surface area contributed by atoms with Crippen molar-refractivity contribution in [2.45, 2.75) is 13.5 Å². The second-order valence-electron chi connectivity index (χ2n) is 3.42. The molecule has 1 heterocycles. The Balaban J connectivity index is 2.15. The maximum atomic E-state index is 5.07. The highest BCUT2D eigenvalue weighted by atomic mass is 79.9. The van der Waals surface area contributed by atoms with Gasteiger partial charge in [0.25, 0.3) is 0 Å². The molecule has 1 N–H and O–H groups in total. The van der Waals surface area contributed by atoms with E-state index < -0.39 is 0 Å². The molecule has 0 saturated carbocycles. The zero-order chi connectivity index (χ0) is 10.4. The number of halogens is 1. The minimum absolute atomic E-state index is 0.573. The van der Waals surface area contributed by atoms with Gasteiger partial charge in [-0.25, -0.2) is 0 Å². The lowest BCUT2D eigenvalue weighted by molar-refractivity contribution is 0.158. The third-order valence-corrected chi connectivity index (χ3v) is 3.56. The van der Waals surface area contributed by atoms with Crippen LogP contribution in [-0.2, 0) is 11.3 Å². The summed E-state index contributed by atoms with van der Waals surface area (Å²) >= 11 is 5.21. The van der Waals surface area contributed by atoms with Crippen molar-refractivity contribution in [2.24, 2.45) is 5.92 Å². The van der Waals surface area contributed by atoms with Gasteiger partial charge in [-0.15, -0.1) is 11.3 Å². The van der Waals surface area contributed by atoms with Crippen molar-refractivity contribution < 1.29 is 4.74 Å². The summed E-state index contributed by atoms with van der Waals surface area (Å²) in [7, 11) is 1.74. The number of thiophene rings is 1. The van der Waals surface area contributed by atoms with E-state index in [2.05, 4.69) is 39.6 Å². The molecule has 0 saturated heterocycles. The molecule has 2 nitrogen and oxygen atoms in total. The average Bonchev–Trinajstić information content (AvgIpc) is 2.52. The maximum Gasteiger partial charge on any atom is 0.0499 e. The summed E-state index contributed by atoms with van der Waals surface area (Å²) < 4.78 is 6.24. The van der Waals surface area contributed by atoms with Crippen molar-refractivity contribution >= 4 is 27.3 Å². The molecule has 0 aliphatic heterocycles. The monoisotopic (exact) mass is 277 g/mol. The van der Waals surface area contributed by atoms with Crippen LogP contribution in [0, 0.1) is 5.92 Å². The van der Waals surface area contributed by atoms with Gasteiger partial charge in [-0.2, -0.15) is 0 Å². The summed E-state index contributed by atoms with van der Waals surface area (Å²) in [6, 6.07) is 2.15. The first-order valence-corrected chi connectivity index (χ1v) is 6.32. The summed E-state index contributed by atoms with van der Waals surface area (Å²) in [6.07, 6.45) is 0. The second-order valence-corrected chi connectivity index (χ2v) is 5.33. The Morgan fingerprint density at radius 3 is 3.00 bits per heavy atom. The van der Waals surface area contributed by atoms with Crippen LogP contribution in [0.3, 0.4) is 0 Å². The standard InChI is InChI=1S/C10H16BrNOS/c1-8(6-13-2)4-12-5-10-3-9(11)7-14-10/h3,7-8,12H,4-6H2,1-2H3. The smallest absolute Gasteiger partial charge is 0.0499 e. The third kappa shape index (κ3) is 4.55. The zero-order valence-electron chi connectivity index (χ0n) is 8.55. The molecule has 1 atom stereocenters. The largest absolute Gasteiger partial charge is 0.384 e. The first kappa shape index (κ1) is 12.2. The van der Waals surface area contributed by atoms with Crippen LogP contribution in [0.5, 0.6) is 0 Å². The molecule has 0 fully saturated rings. The lowest BCUT2D eigenvalue weighted by Crippen LogP contribution is -2.22. The molecule has 0 radical (unpaired) electrons. The van der Waals surface area contributed by atoms with E-state index in [1.54, 1.807) is 18.4 Å². The van der Waals surface area contributed by atoms with E-state index >= 15 is 0 Å². The van der Waals surface area contributed by atoms with Gasteiger partial charge in [-0.3, -0.25) is 0 Å². The van der Waals surface area contributed by atoms with Crippen LogP contribution in [0.1, 0.15) is 11.8 Å². The summed E-state index contributed by atoms with van der Waals surface area (Å²) in [6.45, 7) is 4.95. The molecule has 0 amide bonds. The van der Waals surface area contributed by atoms with Crippen LogP contribution in [0.2, 0.25) is 0 Å². The van der Waals surface area contributed by atoms with Crippen LogP contribution < -0.4 is 5.32 Å². The molecule has 0 bridgehead atoms. The molecular formula is C10H16BrNOS. The van der Waals surface area contributed by atoms with Crippen LogP contribution in [0.4, 0.5) is 0 Å². The molecular weight excluding hydrogens is 262 g/mol. The predicted molar refractivity (Wildman–Crippen MR) is 64.8 cm³/mol. The molecule has 0 spiro atoms. The molecule has 1 unspecified atom stereocenters. The van der Waals surface area contributed by atoms with Gasteiger partial charge in [-0.05, 0) is 27.9 Å². The van der Waals surface area contributed by atoms with Gasteiger partial charge in [0.15, 0.2) is 0 Å². The van der Waals surface area contributed by atoms with E-state index in [1.165, 1.54) is 9.35 Å². The van der Waals surface area contributed by atoms with Crippen LogP contribution >= 0.6 is 27.3 Å². The van der Waals surface area contributed by atoms with E-state index in [9.17, 15) is 0 Å². The number of hydrogen-bond acceptors (Lipinski definition) is 3. The molecule has 0 aliphatic carbocycles. The molecule has 1 aromatic heterocycles. The molecule has 0 aliphatic rings. The van der Waals surface area contributed by atoms with E-state index in [4.69, 9.17) is 4.74 Å². The minimum Gasteiger partial charge on any atom is -0.384 e. The Hall–Kier alpha value is 0.1000. The molecule has 0 aromatic carbocycles.